The molecule has 0 aliphatic carbocycles. The first-order valence-electron chi connectivity index (χ1n) is 7.33. The summed E-state index contributed by atoms with van der Waals surface area (Å²) in [5, 5.41) is 15.5. The Morgan fingerprint density at radius 2 is 1.83 bits per heavy atom. The molecule has 7 heteroatoms. The molecule has 0 saturated heterocycles. The normalized spacial score (nSPS) is 10.8. The molecular formula is C17H13N5O2. The molecule has 0 radical (unpaired) electrons. The van der Waals surface area contributed by atoms with Crippen molar-refractivity contribution < 1.29 is 4.79 Å². The molecule has 0 aliphatic rings. The van der Waals surface area contributed by atoms with Crippen molar-refractivity contribution in [3.63, 3.8) is 0 Å². The van der Waals surface area contributed by atoms with E-state index < -0.39 is 0 Å². The van der Waals surface area contributed by atoms with E-state index in [0.29, 0.717) is 16.6 Å². The number of H-pyrrole nitrogens is 3. The van der Waals surface area contributed by atoms with Gasteiger partial charge in [-0.3, -0.25) is 24.9 Å². The van der Waals surface area contributed by atoms with Crippen LogP contribution in [-0.4, -0.2) is 26.3 Å². The number of hydrogen-bond donors (Lipinski definition) is 4. The average Bonchev–Trinajstić information content (AvgIpc) is 3.23. The summed E-state index contributed by atoms with van der Waals surface area (Å²) < 4.78 is 0. The predicted molar refractivity (Wildman–Crippen MR) is 90.9 cm³/mol. The first-order chi connectivity index (χ1) is 11.7. The van der Waals surface area contributed by atoms with E-state index in [2.05, 4.69) is 25.7 Å². The largest absolute Gasteiger partial charge is 0.315 e. The summed E-state index contributed by atoms with van der Waals surface area (Å²) in [6, 6.07) is 14.6. The molecule has 0 spiro atoms. The summed E-state index contributed by atoms with van der Waals surface area (Å²) in [4.78, 5) is 24.7. The molecule has 4 aromatic rings. The number of fused-ring (bicyclic) bond motifs is 1. The predicted octanol–water partition coefficient (Wildman–Crippen LogP) is 2.50. The number of aromatic nitrogens is 4. The molecule has 7 nitrogen and oxygen atoms in total. The van der Waals surface area contributed by atoms with Crippen LogP contribution in [-0.2, 0) is 0 Å². The van der Waals surface area contributed by atoms with E-state index in [1.165, 1.54) is 0 Å². The van der Waals surface area contributed by atoms with E-state index in [-0.39, 0.29) is 17.2 Å². The van der Waals surface area contributed by atoms with Crippen LogP contribution in [0.4, 0.5) is 5.69 Å². The minimum Gasteiger partial charge on any atom is -0.315 e. The molecule has 4 rings (SSSR count). The summed E-state index contributed by atoms with van der Waals surface area (Å²) in [6.07, 6.45) is 1.59. The van der Waals surface area contributed by atoms with E-state index in [1.54, 1.807) is 18.3 Å². The monoisotopic (exact) mass is 319 g/mol. The maximum Gasteiger partial charge on any atom is 0.288 e. The van der Waals surface area contributed by atoms with Gasteiger partial charge in [-0.2, -0.15) is 5.10 Å². The van der Waals surface area contributed by atoms with E-state index in [0.717, 1.165) is 11.1 Å². The van der Waals surface area contributed by atoms with Crippen LogP contribution >= 0.6 is 0 Å². The zero-order valence-electron chi connectivity index (χ0n) is 12.5. The maximum atomic E-state index is 12.6. The minimum atomic E-state index is -0.387. The highest BCUT2D eigenvalue weighted by atomic mass is 16.2. The molecule has 24 heavy (non-hydrogen) atoms. The molecule has 0 saturated carbocycles. The third-order valence-corrected chi connectivity index (χ3v) is 3.81. The number of nitrogens with zero attached hydrogens (tertiary/aromatic N) is 1. The summed E-state index contributed by atoms with van der Waals surface area (Å²) in [6.45, 7) is 0. The highest BCUT2D eigenvalue weighted by Crippen LogP contribution is 2.23. The number of rotatable bonds is 3. The van der Waals surface area contributed by atoms with E-state index in [9.17, 15) is 9.59 Å². The molecule has 1 amide bonds. The Bertz CT molecular complexity index is 1080. The van der Waals surface area contributed by atoms with E-state index >= 15 is 0 Å². The quantitative estimate of drug-likeness (QED) is 0.466. The Morgan fingerprint density at radius 3 is 2.67 bits per heavy atom. The number of hydrogen-bond acceptors (Lipinski definition) is 3. The lowest BCUT2D eigenvalue weighted by Gasteiger charge is -2.06. The topological polar surface area (TPSA) is 106 Å². The van der Waals surface area contributed by atoms with Crippen molar-refractivity contribution >= 4 is 22.5 Å². The highest BCUT2D eigenvalue weighted by Gasteiger charge is 2.17. The summed E-state index contributed by atoms with van der Waals surface area (Å²) in [5.74, 6) is -0.371. The summed E-state index contributed by atoms with van der Waals surface area (Å²) in [7, 11) is 0. The van der Waals surface area contributed by atoms with Crippen molar-refractivity contribution in [3.05, 3.63) is 70.6 Å². The van der Waals surface area contributed by atoms with Crippen molar-refractivity contribution in [2.45, 2.75) is 0 Å². The van der Waals surface area contributed by atoms with Crippen LogP contribution in [0.25, 0.3) is 22.2 Å². The van der Waals surface area contributed by atoms with E-state index in [4.69, 9.17) is 0 Å². The van der Waals surface area contributed by atoms with Crippen LogP contribution in [0.5, 0.6) is 0 Å². The first-order valence-corrected chi connectivity index (χ1v) is 7.33. The number of nitrogens with one attached hydrogen (secondary N) is 4. The van der Waals surface area contributed by atoms with Crippen molar-refractivity contribution in [3.8, 4) is 11.3 Å². The third-order valence-electron chi connectivity index (χ3n) is 3.81. The number of carbonyl (C=O) groups is 1. The summed E-state index contributed by atoms with van der Waals surface area (Å²) in [5.41, 5.74) is 2.34. The van der Waals surface area contributed by atoms with Gasteiger partial charge in [0.05, 0.1) is 23.0 Å². The molecule has 2 aromatic carbocycles. The van der Waals surface area contributed by atoms with Crippen molar-refractivity contribution in [1.29, 1.82) is 0 Å². The Labute approximate surface area is 135 Å². The van der Waals surface area contributed by atoms with Gasteiger partial charge < -0.3 is 5.32 Å². The van der Waals surface area contributed by atoms with Crippen LogP contribution < -0.4 is 10.9 Å². The number of aromatic amines is 3. The molecule has 2 heterocycles. The lowest BCUT2D eigenvalue weighted by Crippen LogP contribution is -2.17. The molecule has 0 unspecified atom stereocenters. The van der Waals surface area contributed by atoms with Gasteiger partial charge in [-0.1, -0.05) is 36.4 Å². The molecule has 0 fully saturated rings. The van der Waals surface area contributed by atoms with Gasteiger partial charge in [0.2, 0.25) is 0 Å². The van der Waals surface area contributed by atoms with Crippen LogP contribution in [0.15, 0.2) is 59.5 Å². The number of carbonyl (C=O) groups excluding carboxylic acids is 1. The average molecular weight is 319 g/mol. The maximum absolute atomic E-state index is 12.6. The van der Waals surface area contributed by atoms with E-state index in [1.807, 2.05) is 36.4 Å². The van der Waals surface area contributed by atoms with Crippen LogP contribution in [0.3, 0.4) is 0 Å². The zero-order chi connectivity index (χ0) is 16.5. The summed E-state index contributed by atoms with van der Waals surface area (Å²) >= 11 is 0. The van der Waals surface area contributed by atoms with Gasteiger partial charge in [-0.15, -0.1) is 0 Å². The Morgan fingerprint density at radius 1 is 1.00 bits per heavy atom. The zero-order valence-corrected chi connectivity index (χ0v) is 12.5. The molecule has 0 bridgehead atoms. The Kier molecular flexibility index (Phi) is 3.24. The second-order valence-electron chi connectivity index (χ2n) is 5.29. The second-order valence-corrected chi connectivity index (χ2v) is 5.29. The smallest absolute Gasteiger partial charge is 0.288 e. The first kappa shape index (κ1) is 14.0. The van der Waals surface area contributed by atoms with Crippen molar-refractivity contribution in [2.75, 3.05) is 5.32 Å². The number of anilines is 1. The fourth-order valence-corrected chi connectivity index (χ4v) is 2.65. The van der Waals surface area contributed by atoms with Gasteiger partial charge in [-0.05, 0) is 12.1 Å². The van der Waals surface area contributed by atoms with Crippen LogP contribution in [0.2, 0.25) is 0 Å². The van der Waals surface area contributed by atoms with Crippen molar-refractivity contribution in [2.24, 2.45) is 0 Å². The van der Waals surface area contributed by atoms with Gasteiger partial charge in [0.25, 0.3) is 11.5 Å². The standard InChI is InChI=1S/C17H13N5O2/c23-16(11-7-4-8-13-12(11)9-18-20-13)19-15-14(21-22-17(15)24)10-5-2-1-3-6-10/h1-9H,(H,18,20)(H,19,23)(H2,21,22,24). The fourth-order valence-electron chi connectivity index (χ4n) is 2.65. The van der Waals surface area contributed by atoms with Gasteiger partial charge in [0.1, 0.15) is 5.69 Å². The fraction of sp³-hybridized carbons (Fsp3) is 0. The van der Waals surface area contributed by atoms with Crippen molar-refractivity contribution in [1.82, 2.24) is 20.4 Å². The Balaban J connectivity index is 1.74. The highest BCUT2D eigenvalue weighted by molar-refractivity contribution is 6.13. The SMILES string of the molecule is O=C(Nc1c(-c2ccccc2)[nH][nH]c1=O)c1cccc2[nH]ncc12. The van der Waals surface area contributed by atoms with Gasteiger partial charge >= 0.3 is 0 Å². The van der Waals surface area contributed by atoms with Crippen LogP contribution in [0, 0.1) is 0 Å². The molecule has 2 aromatic heterocycles. The molecular weight excluding hydrogens is 306 g/mol. The molecule has 4 N–H and O–H groups in total. The molecule has 0 aliphatic heterocycles. The van der Waals surface area contributed by atoms with Gasteiger partial charge in [-0.25, -0.2) is 0 Å². The lowest BCUT2D eigenvalue weighted by atomic mass is 10.1. The van der Waals surface area contributed by atoms with Gasteiger partial charge in [0.15, 0.2) is 0 Å². The third kappa shape index (κ3) is 2.28. The molecule has 118 valence electrons. The second kappa shape index (κ2) is 5.54. The number of benzene rings is 2. The number of amides is 1. The lowest BCUT2D eigenvalue weighted by molar-refractivity contribution is 0.102. The Hall–Kier alpha value is -3.61. The van der Waals surface area contributed by atoms with Gasteiger partial charge in [0, 0.05) is 10.9 Å². The van der Waals surface area contributed by atoms with Crippen LogP contribution in [0.1, 0.15) is 10.4 Å². The minimum absolute atomic E-state index is 0.187. The molecule has 0 atom stereocenters.